The minimum Gasteiger partial charge on any atom is -0.497 e. The number of hydrogen-bond donors (Lipinski definition) is 0. The summed E-state index contributed by atoms with van der Waals surface area (Å²) in [6.07, 6.45) is 2.79. The Morgan fingerprint density at radius 2 is 1.79 bits per heavy atom. The Kier molecular flexibility index (Phi) is 6.69. The Labute approximate surface area is 167 Å². The molecule has 5 nitrogen and oxygen atoms in total. The van der Waals surface area contributed by atoms with Crippen LogP contribution in [0.3, 0.4) is 0 Å². The van der Waals surface area contributed by atoms with Crippen molar-refractivity contribution in [1.29, 1.82) is 0 Å². The molecule has 2 aromatic rings. The van der Waals surface area contributed by atoms with Crippen molar-refractivity contribution >= 4 is 17.6 Å². The summed E-state index contributed by atoms with van der Waals surface area (Å²) in [5, 5.41) is 0. The molecule has 1 aliphatic heterocycles. The van der Waals surface area contributed by atoms with Gasteiger partial charge in [0.15, 0.2) is 0 Å². The van der Waals surface area contributed by atoms with Crippen LogP contribution < -0.4 is 9.64 Å². The molecule has 3 rings (SSSR count). The quantitative estimate of drug-likeness (QED) is 0.693. The van der Waals surface area contributed by atoms with Crippen molar-refractivity contribution in [2.24, 2.45) is 4.99 Å². The molecule has 2 aromatic carbocycles. The topological polar surface area (TPSA) is 45.1 Å². The lowest BCUT2D eigenvalue weighted by Crippen LogP contribution is -2.45. The molecule has 0 radical (unpaired) electrons. The number of methoxy groups -OCH3 is 1. The molecule has 28 heavy (non-hydrogen) atoms. The first kappa shape index (κ1) is 19.9. The summed E-state index contributed by atoms with van der Waals surface area (Å²) in [5.41, 5.74) is 1.95. The fraction of sp³-hybridized carbons (Fsp3) is 0.391. The smallest absolute Gasteiger partial charge is 0.259 e. The van der Waals surface area contributed by atoms with Crippen LogP contribution in [0.4, 0.5) is 5.69 Å². The van der Waals surface area contributed by atoms with E-state index in [1.165, 1.54) is 0 Å². The van der Waals surface area contributed by atoms with Crippen molar-refractivity contribution in [2.45, 2.75) is 39.2 Å². The number of rotatable bonds is 8. The fourth-order valence-electron chi connectivity index (χ4n) is 3.42. The molecule has 148 valence electrons. The van der Waals surface area contributed by atoms with E-state index < -0.39 is 6.04 Å². The van der Waals surface area contributed by atoms with Crippen LogP contribution in [0.1, 0.15) is 32.3 Å². The van der Waals surface area contributed by atoms with Crippen molar-refractivity contribution in [3.8, 4) is 5.75 Å². The zero-order chi connectivity index (χ0) is 19.9. The van der Waals surface area contributed by atoms with Crippen LogP contribution in [0, 0.1) is 0 Å². The molecule has 0 bridgehead atoms. The summed E-state index contributed by atoms with van der Waals surface area (Å²) in [6.45, 7) is 5.99. The Morgan fingerprint density at radius 1 is 1.07 bits per heavy atom. The van der Waals surface area contributed by atoms with E-state index >= 15 is 0 Å². The number of aliphatic imine (C=N–C) groups is 1. The molecule has 5 heteroatoms. The van der Waals surface area contributed by atoms with Gasteiger partial charge < -0.3 is 9.64 Å². The van der Waals surface area contributed by atoms with Gasteiger partial charge in [-0.15, -0.1) is 0 Å². The lowest BCUT2D eigenvalue weighted by Gasteiger charge is -2.29. The summed E-state index contributed by atoms with van der Waals surface area (Å²) in [5.74, 6) is 1.55. The third-order valence-electron chi connectivity index (χ3n) is 5.03. The summed E-state index contributed by atoms with van der Waals surface area (Å²) >= 11 is 0. The van der Waals surface area contributed by atoms with E-state index in [9.17, 15) is 4.79 Å². The number of unbranched alkanes of at least 4 members (excludes halogenated alkanes) is 1. The Balaban J connectivity index is 1.92. The number of guanidine groups is 1. The monoisotopic (exact) mass is 379 g/mol. The first-order chi connectivity index (χ1) is 13.7. The Morgan fingerprint density at radius 3 is 2.39 bits per heavy atom. The molecule has 0 saturated carbocycles. The molecular weight excluding hydrogens is 350 g/mol. The Bertz CT molecular complexity index is 802. The second kappa shape index (κ2) is 9.40. The minimum atomic E-state index is -0.393. The van der Waals surface area contributed by atoms with E-state index in [1.54, 1.807) is 12.0 Å². The van der Waals surface area contributed by atoms with Gasteiger partial charge in [0.2, 0.25) is 5.96 Å². The third kappa shape index (κ3) is 4.35. The maximum Gasteiger partial charge on any atom is 0.259 e. The number of hydrogen-bond acceptors (Lipinski definition) is 4. The van der Waals surface area contributed by atoms with E-state index in [0.717, 1.165) is 48.9 Å². The molecule has 0 fully saturated rings. The molecule has 1 heterocycles. The number of anilines is 1. The van der Waals surface area contributed by atoms with Gasteiger partial charge in [-0.1, -0.05) is 43.7 Å². The number of nitrogens with zero attached hydrogens (tertiary/aromatic N) is 3. The van der Waals surface area contributed by atoms with Gasteiger partial charge in [-0.3, -0.25) is 4.79 Å². The highest BCUT2D eigenvalue weighted by Crippen LogP contribution is 2.27. The fourth-order valence-corrected chi connectivity index (χ4v) is 3.42. The van der Waals surface area contributed by atoms with Crippen molar-refractivity contribution in [2.75, 3.05) is 25.1 Å². The second-order valence-electron chi connectivity index (χ2n) is 6.94. The highest BCUT2D eigenvalue weighted by atomic mass is 16.5. The number of benzene rings is 2. The zero-order valence-electron chi connectivity index (χ0n) is 17.0. The zero-order valence-corrected chi connectivity index (χ0v) is 17.0. The molecule has 1 aliphatic rings. The summed E-state index contributed by atoms with van der Waals surface area (Å²) in [4.78, 5) is 22.2. The maximum absolute atomic E-state index is 13.3. The van der Waals surface area contributed by atoms with Crippen LogP contribution in [0.15, 0.2) is 59.6 Å². The van der Waals surface area contributed by atoms with Crippen molar-refractivity contribution in [1.82, 2.24) is 4.90 Å². The lowest BCUT2D eigenvalue weighted by atomic mass is 10.1. The summed E-state index contributed by atoms with van der Waals surface area (Å²) in [6, 6.07) is 17.3. The molecule has 0 spiro atoms. The van der Waals surface area contributed by atoms with Crippen LogP contribution in [0.25, 0.3) is 0 Å². The molecular formula is C23H29N3O2. The highest BCUT2D eigenvalue weighted by molar-refractivity contribution is 6.22. The van der Waals surface area contributed by atoms with Crippen LogP contribution >= 0.6 is 0 Å². The number of carbonyl (C=O) groups excluding carboxylic acids is 1. The van der Waals surface area contributed by atoms with Gasteiger partial charge >= 0.3 is 0 Å². The normalized spacial score (nSPS) is 16.2. The first-order valence-corrected chi connectivity index (χ1v) is 10.0. The van der Waals surface area contributed by atoms with Gasteiger partial charge in [-0.25, -0.2) is 9.89 Å². The second-order valence-corrected chi connectivity index (χ2v) is 6.94. The first-order valence-electron chi connectivity index (χ1n) is 10.0. The molecule has 1 amide bonds. The molecule has 0 aliphatic carbocycles. The Hall–Kier alpha value is -2.82. The van der Waals surface area contributed by atoms with Crippen LogP contribution in [-0.2, 0) is 11.2 Å². The molecule has 0 saturated heterocycles. The van der Waals surface area contributed by atoms with Gasteiger partial charge in [-0.2, -0.15) is 0 Å². The van der Waals surface area contributed by atoms with Crippen LogP contribution in [-0.4, -0.2) is 43.0 Å². The van der Waals surface area contributed by atoms with Gasteiger partial charge in [0.25, 0.3) is 5.91 Å². The average Bonchev–Trinajstić information content (AvgIpc) is 3.05. The third-order valence-corrected chi connectivity index (χ3v) is 5.03. The van der Waals surface area contributed by atoms with Crippen molar-refractivity contribution in [3.63, 3.8) is 0 Å². The largest absolute Gasteiger partial charge is 0.497 e. The van der Waals surface area contributed by atoms with E-state index in [1.807, 2.05) is 54.6 Å². The van der Waals surface area contributed by atoms with Crippen molar-refractivity contribution in [3.05, 3.63) is 60.2 Å². The maximum atomic E-state index is 13.3. The number of ether oxygens (including phenoxy) is 1. The van der Waals surface area contributed by atoms with Gasteiger partial charge in [0, 0.05) is 19.5 Å². The van der Waals surface area contributed by atoms with Crippen LogP contribution in [0.5, 0.6) is 5.75 Å². The highest BCUT2D eigenvalue weighted by Gasteiger charge is 2.37. The average molecular weight is 380 g/mol. The van der Waals surface area contributed by atoms with E-state index in [2.05, 4.69) is 18.7 Å². The van der Waals surface area contributed by atoms with Gasteiger partial charge in [0.05, 0.1) is 12.8 Å². The van der Waals surface area contributed by atoms with E-state index in [0.29, 0.717) is 6.42 Å². The number of carbonyl (C=O) groups is 1. The molecule has 1 atom stereocenters. The lowest BCUT2D eigenvalue weighted by molar-refractivity contribution is -0.118. The van der Waals surface area contributed by atoms with Crippen LogP contribution in [0.2, 0.25) is 0 Å². The van der Waals surface area contributed by atoms with E-state index in [4.69, 9.17) is 9.73 Å². The van der Waals surface area contributed by atoms with Gasteiger partial charge in [0.1, 0.15) is 11.8 Å². The minimum absolute atomic E-state index is 0.0268. The SMILES string of the molecule is CCCCN(CC)C1=NC(Cc2ccccc2)C(=O)N1c1ccc(OC)cc1. The molecule has 1 unspecified atom stereocenters. The standard InChI is InChI=1S/C23H29N3O2/c1-4-6-16-25(5-2)23-24-21(17-18-10-8-7-9-11-18)22(27)26(23)19-12-14-20(28-3)15-13-19/h7-15,21H,4-6,16-17H2,1-3H3. The predicted octanol–water partition coefficient (Wildman–Crippen LogP) is 4.13. The van der Waals surface area contributed by atoms with E-state index in [-0.39, 0.29) is 5.91 Å². The number of amides is 1. The molecule has 0 N–H and O–H groups in total. The summed E-state index contributed by atoms with van der Waals surface area (Å²) < 4.78 is 5.26. The molecule has 0 aromatic heterocycles. The van der Waals surface area contributed by atoms with Crippen molar-refractivity contribution < 1.29 is 9.53 Å². The predicted molar refractivity (Wildman–Crippen MR) is 114 cm³/mol. The summed E-state index contributed by atoms with van der Waals surface area (Å²) in [7, 11) is 1.64. The van der Waals surface area contributed by atoms with Gasteiger partial charge in [-0.05, 0) is 43.2 Å².